The van der Waals surface area contributed by atoms with E-state index >= 15 is 0 Å². The van der Waals surface area contributed by atoms with Crippen molar-refractivity contribution in [1.29, 1.82) is 0 Å². The van der Waals surface area contributed by atoms with Crippen molar-refractivity contribution in [3.63, 3.8) is 0 Å². The molecule has 0 aromatic heterocycles. The number of benzene rings is 2. The average Bonchev–Trinajstić information content (AvgIpc) is 2.34. The third-order valence-corrected chi connectivity index (χ3v) is 2.71. The molecule has 0 saturated heterocycles. The summed E-state index contributed by atoms with van der Waals surface area (Å²) in [7, 11) is 0. The summed E-state index contributed by atoms with van der Waals surface area (Å²) < 4.78 is 0. The molecule has 1 aromatic carbocycles. The first kappa shape index (κ1) is 12.2. The Hall–Kier alpha value is -2.29. The Balaban J connectivity index is 0.000000164. The molecule has 2 aliphatic carbocycles. The van der Waals surface area contributed by atoms with Crippen molar-refractivity contribution in [2.75, 3.05) is 11.1 Å². The lowest BCUT2D eigenvalue weighted by molar-refractivity contribution is -0.115. The van der Waals surface area contributed by atoms with Gasteiger partial charge in [-0.2, -0.15) is 0 Å². The second-order valence-corrected chi connectivity index (χ2v) is 4.10. The van der Waals surface area contributed by atoms with Gasteiger partial charge in [-0.3, -0.25) is 4.79 Å². The molecular formula is C15H16N2O. The summed E-state index contributed by atoms with van der Waals surface area (Å²) in [5.41, 5.74) is 9.78. The summed E-state index contributed by atoms with van der Waals surface area (Å²) in [6.07, 6.45) is 0.481. The number of nitrogens with one attached hydrogen (secondary N) is 1. The summed E-state index contributed by atoms with van der Waals surface area (Å²) in [5, 5.41) is 2.71. The molecule has 1 aromatic rings. The van der Waals surface area contributed by atoms with E-state index in [-0.39, 0.29) is 5.91 Å². The molecule has 0 fully saturated rings. The van der Waals surface area contributed by atoms with E-state index in [4.69, 9.17) is 5.73 Å². The number of nitrogens with two attached hydrogens (primary N) is 1. The maximum absolute atomic E-state index is 10.9. The molecule has 3 nitrogen and oxygen atoms in total. The molecule has 1 amide bonds. The highest BCUT2D eigenvalue weighted by atomic mass is 16.1. The Morgan fingerprint density at radius 3 is 2.11 bits per heavy atom. The Bertz CT molecular complexity index is 526. The summed E-state index contributed by atoms with van der Waals surface area (Å²) in [6.45, 7) is 1.81. The maximum atomic E-state index is 10.9. The van der Waals surface area contributed by atoms with E-state index in [1.165, 1.54) is 11.1 Å². The molecule has 0 unspecified atom stereocenters. The van der Waals surface area contributed by atoms with Crippen molar-refractivity contribution in [2.45, 2.75) is 13.3 Å². The first-order valence-electron chi connectivity index (χ1n) is 5.95. The van der Waals surface area contributed by atoms with Crippen LogP contribution in [0.4, 0.5) is 11.4 Å². The van der Waals surface area contributed by atoms with Gasteiger partial charge in [0.1, 0.15) is 0 Å². The highest BCUT2D eigenvalue weighted by Gasteiger charge is 2.04. The van der Waals surface area contributed by atoms with Crippen LogP contribution in [0, 0.1) is 0 Å². The monoisotopic (exact) mass is 240 g/mol. The van der Waals surface area contributed by atoms with Gasteiger partial charge in [-0.25, -0.2) is 0 Å². The van der Waals surface area contributed by atoms with Gasteiger partial charge in [-0.1, -0.05) is 37.3 Å². The molecule has 2 aliphatic rings. The van der Waals surface area contributed by atoms with E-state index in [0.29, 0.717) is 12.1 Å². The standard InChI is InChI=1S/C9H12N2O.C6H4/c1-2-9(12)11-8-5-3-4-7(10)6-8;1-2-6-4-3-5(1)6/h3-6H,2,10H2,1H3,(H,11,12);1-4H. The van der Waals surface area contributed by atoms with Crippen LogP contribution in [0.15, 0.2) is 48.5 Å². The predicted octanol–water partition coefficient (Wildman–Crippen LogP) is 3.28. The number of amides is 1. The van der Waals surface area contributed by atoms with Gasteiger partial charge in [0, 0.05) is 17.8 Å². The van der Waals surface area contributed by atoms with Gasteiger partial charge < -0.3 is 11.1 Å². The van der Waals surface area contributed by atoms with Gasteiger partial charge >= 0.3 is 0 Å². The van der Waals surface area contributed by atoms with Crippen LogP contribution in [0.5, 0.6) is 0 Å². The van der Waals surface area contributed by atoms with Crippen molar-refractivity contribution in [1.82, 2.24) is 0 Å². The van der Waals surface area contributed by atoms with Crippen LogP contribution in [-0.2, 0) is 4.79 Å². The van der Waals surface area contributed by atoms with E-state index in [1.807, 2.05) is 13.0 Å². The molecule has 18 heavy (non-hydrogen) atoms. The molecular weight excluding hydrogens is 224 g/mol. The van der Waals surface area contributed by atoms with Crippen molar-refractivity contribution >= 4 is 17.3 Å². The average molecular weight is 240 g/mol. The zero-order valence-electron chi connectivity index (χ0n) is 10.3. The fourth-order valence-electron chi connectivity index (χ4n) is 1.53. The molecule has 0 heterocycles. The fourth-order valence-corrected chi connectivity index (χ4v) is 1.53. The fraction of sp³-hybridized carbons (Fsp3) is 0.133. The molecule has 0 saturated carbocycles. The summed E-state index contributed by atoms with van der Waals surface area (Å²) >= 11 is 0. The Morgan fingerprint density at radius 2 is 1.72 bits per heavy atom. The third-order valence-electron chi connectivity index (χ3n) is 2.71. The highest BCUT2D eigenvalue weighted by molar-refractivity contribution is 5.90. The van der Waals surface area contributed by atoms with Crippen molar-refractivity contribution in [2.24, 2.45) is 0 Å². The van der Waals surface area contributed by atoms with Crippen LogP contribution in [0.1, 0.15) is 13.3 Å². The molecule has 0 bridgehead atoms. The quantitative estimate of drug-likeness (QED) is 0.675. The lowest BCUT2D eigenvalue weighted by Gasteiger charge is -2.10. The molecule has 3 N–H and O–H groups in total. The summed E-state index contributed by atoms with van der Waals surface area (Å²) in [5.74, 6) is 0.000556. The third kappa shape index (κ3) is 2.88. The second-order valence-electron chi connectivity index (χ2n) is 4.10. The minimum absolute atomic E-state index is 0.000556. The molecule has 92 valence electrons. The Morgan fingerprint density at radius 1 is 1.11 bits per heavy atom. The first-order chi connectivity index (χ1) is 8.69. The van der Waals surface area contributed by atoms with Crippen LogP contribution in [0.25, 0.3) is 11.1 Å². The van der Waals surface area contributed by atoms with E-state index < -0.39 is 0 Å². The maximum Gasteiger partial charge on any atom is 0.224 e. The molecule has 0 atom stereocenters. The lowest BCUT2D eigenvalue weighted by atomic mass is 9.95. The zero-order valence-corrected chi connectivity index (χ0v) is 10.3. The largest absolute Gasteiger partial charge is 0.399 e. The number of hydrogen-bond donors (Lipinski definition) is 2. The van der Waals surface area contributed by atoms with Gasteiger partial charge in [0.2, 0.25) is 5.91 Å². The van der Waals surface area contributed by atoms with Crippen molar-refractivity contribution in [3.8, 4) is 11.1 Å². The predicted molar refractivity (Wildman–Crippen MR) is 75.2 cm³/mol. The van der Waals surface area contributed by atoms with Crippen LogP contribution in [-0.4, -0.2) is 5.91 Å². The summed E-state index contributed by atoms with van der Waals surface area (Å²) in [6, 6.07) is 15.6. The van der Waals surface area contributed by atoms with Crippen LogP contribution < -0.4 is 11.1 Å². The topological polar surface area (TPSA) is 55.1 Å². The SMILES string of the molecule is CCC(=O)Nc1cccc(N)c1.c1cc2ccc1-2. The van der Waals surface area contributed by atoms with Crippen LogP contribution in [0.3, 0.4) is 0 Å². The number of anilines is 2. The Kier molecular flexibility index (Phi) is 3.63. The number of rotatable bonds is 2. The van der Waals surface area contributed by atoms with Crippen molar-refractivity contribution < 1.29 is 4.79 Å². The summed E-state index contributed by atoms with van der Waals surface area (Å²) in [4.78, 5) is 10.9. The van der Waals surface area contributed by atoms with Gasteiger partial charge in [-0.05, 0) is 29.3 Å². The van der Waals surface area contributed by atoms with E-state index in [9.17, 15) is 4.79 Å². The molecule has 3 heteroatoms. The molecule has 0 spiro atoms. The molecule has 3 rings (SSSR count). The number of nitrogen functional groups attached to an aromatic ring is 1. The van der Waals surface area contributed by atoms with Gasteiger partial charge in [0.05, 0.1) is 0 Å². The van der Waals surface area contributed by atoms with Gasteiger partial charge in [-0.15, -0.1) is 0 Å². The normalized spacial score (nSPS) is 10.1. The first-order valence-corrected chi connectivity index (χ1v) is 5.95. The van der Waals surface area contributed by atoms with E-state index in [2.05, 4.69) is 29.6 Å². The molecule has 0 radical (unpaired) electrons. The minimum atomic E-state index is 0.000556. The Labute approximate surface area is 107 Å². The number of fused-ring (bicyclic) bond motifs is 1. The van der Waals surface area contributed by atoms with E-state index in [0.717, 1.165) is 5.69 Å². The van der Waals surface area contributed by atoms with E-state index in [1.54, 1.807) is 18.2 Å². The second kappa shape index (κ2) is 5.36. The smallest absolute Gasteiger partial charge is 0.224 e. The highest BCUT2D eigenvalue weighted by Crippen LogP contribution is 2.29. The lowest BCUT2D eigenvalue weighted by Crippen LogP contribution is -2.09. The zero-order chi connectivity index (χ0) is 13.0. The number of carbonyl (C=O) groups is 1. The number of carbonyl (C=O) groups excluding carboxylic acids is 1. The molecule has 0 aliphatic heterocycles. The number of hydrogen-bond acceptors (Lipinski definition) is 2. The van der Waals surface area contributed by atoms with Gasteiger partial charge in [0.15, 0.2) is 0 Å². The van der Waals surface area contributed by atoms with Crippen LogP contribution >= 0.6 is 0 Å². The van der Waals surface area contributed by atoms with Crippen molar-refractivity contribution in [3.05, 3.63) is 48.5 Å². The van der Waals surface area contributed by atoms with Gasteiger partial charge in [0.25, 0.3) is 0 Å². The minimum Gasteiger partial charge on any atom is -0.399 e. The van der Waals surface area contributed by atoms with Crippen LogP contribution in [0.2, 0.25) is 0 Å².